The van der Waals surface area contributed by atoms with Gasteiger partial charge in [-0.05, 0) is 30.4 Å². The fraction of sp³-hybridized carbons (Fsp3) is 0.529. The lowest BCUT2D eigenvalue weighted by Gasteiger charge is -2.33. The first-order valence-electron chi connectivity index (χ1n) is 7.85. The molecule has 2 heterocycles. The summed E-state index contributed by atoms with van der Waals surface area (Å²) in [5, 5.41) is 9.13. The van der Waals surface area contributed by atoms with E-state index in [9.17, 15) is 9.59 Å². The third-order valence-electron chi connectivity index (χ3n) is 4.58. The van der Waals surface area contributed by atoms with Crippen molar-refractivity contribution >= 4 is 11.9 Å². The van der Waals surface area contributed by atoms with Crippen molar-refractivity contribution in [3.05, 3.63) is 35.4 Å². The number of ether oxygens (including phenoxy) is 1. The topological polar surface area (TPSA) is 66.8 Å². The number of amides is 1. The van der Waals surface area contributed by atoms with E-state index in [-0.39, 0.29) is 12.0 Å². The van der Waals surface area contributed by atoms with Crippen LogP contribution in [0.1, 0.15) is 36.5 Å². The molecular weight excluding hydrogens is 282 g/mol. The maximum Gasteiger partial charge on any atom is 0.308 e. The minimum atomic E-state index is -0.809. The minimum absolute atomic E-state index is 0.00680. The van der Waals surface area contributed by atoms with Gasteiger partial charge in [0.05, 0.1) is 25.0 Å². The van der Waals surface area contributed by atoms with Crippen molar-refractivity contribution in [2.45, 2.75) is 31.8 Å². The van der Waals surface area contributed by atoms with Gasteiger partial charge < -0.3 is 14.7 Å². The van der Waals surface area contributed by atoms with Gasteiger partial charge in [0, 0.05) is 13.1 Å². The van der Waals surface area contributed by atoms with Gasteiger partial charge >= 0.3 is 5.97 Å². The van der Waals surface area contributed by atoms with Crippen molar-refractivity contribution in [1.29, 1.82) is 0 Å². The molecule has 22 heavy (non-hydrogen) atoms. The Labute approximate surface area is 129 Å². The molecule has 5 heteroatoms. The number of piperidine rings is 1. The molecule has 0 aromatic heterocycles. The molecule has 118 valence electrons. The van der Waals surface area contributed by atoms with Gasteiger partial charge in [-0.2, -0.15) is 0 Å². The molecule has 1 amide bonds. The van der Waals surface area contributed by atoms with Crippen LogP contribution in [0.5, 0.6) is 0 Å². The molecule has 0 unspecified atom stereocenters. The molecule has 1 fully saturated rings. The lowest BCUT2D eigenvalue weighted by molar-refractivity contribution is -0.146. The smallest absolute Gasteiger partial charge is 0.308 e. The number of carboxylic acids is 1. The predicted molar refractivity (Wildman–Crippen MR) is 80.4 cm³/mol. The Balaban J connectivity index is 1.66. The zero-order valence-corrected chi connectivity index (χ0v) is 12.5. The van der Waals surface area contributed by atoms with Gasteiger partial charge in [0.2, 0.25) is 5.91 Å². The van der Waals surface area contributed by atoms with E-state index in [1.807, 2.05) is 18.2 Å². The third kappa shape index (κ3) is 3.14. The average Bonchev–Trinajstić information content (AvgIpc) is 2.55. The lowest BCUT2D eigenvalue weighted by atomic mass is 9.94. The quantitative estimate of drug-likeness (QED) is 0.927. The van der Waals surface area contributed by atoms with Crippen molar-refractivity contribution in [1.82, 2.24) is 4.90 Å². The molecule has 0 radical (unpaired) electrons. The SMILES string of the molecule is O=C(O)[C@@H]1CCCN(C(=O)C[C@@H]2OCCc3ccccc32)C1. The van der Waals surface area contributed by atoms with Crippen LogP contribution in [0.15, 0.2) is 24.3 Å². The highest BCUT2D eigenvalue weighted by atomic mass is 16.5. The van der Waals surface area contributed by atoms with E-state index in [1.54, 1.807) is 4.90 Å². The predicted octanol–water partition coefficient (Wildman–Crippen LogP) is 2.01. The molecule has 1 saturated heterocycles. The Morgan fingerprint density at radius 1 is 1.32 bits per heavy atom. The van der Waals surface area contributed by atoms with Gasteiger partial charge in [0.25, 0.3) is 0 Å². The Bertz CT molecular complexity index is 572. The summed E-state index contributed by atoms with van der Waals surface area (Å²) in [6, 6.07) is 8.07. The summed E-state index contributed by atoms with van der Waals surface area (Å²) in [7, 11) is 0. The summed E-state index contributed by atoms with van der Waals surface area (Å²) in [5.41, 5.74) is 2.34. The summed E-state index contributed by atoms with van der Waals surface area (Å²) >= 11 is 0. The van der Waals surface area contributed by atoms with Crippen LogP contribution in [0, 0.1) is 5.92 Å². The van der Waals surface area contributed by atoms with Crippen molar-refractivity contribution in [3.8, 4) is 0 Å². The summed E-state index contributed by atoms with van der Waals surface area (Å²) < 4.78 is 5.78. The average molecular weight is 303 g/mol. The van der Waals surface area contributed by atoms with Crippen molar-refractivity contribution in [2.75, 3.05) is 19.7 Å². The number of carbonyl (C=O) groups is 2. The molecular formula is C17H21NO4. The van der Waals surface area contributed by atoms with Crippen LogP contribution < -0.4 is 0 Å². The first-order chi connectivity index (χ1) is 10.6. The highest BCUT2D eigenvalue weighted by molar-refractivity contribution is 5.78. The molecule has 0 aliphatic carbocycles. The third-order valence-corrected chi connectivity index (χ3v) is 4.58. The summed E-state index contributed by atoms with van der Waals surface area (Å²) in [6.07, 6.45) is 2.38. The number of aliphatic carboxylic acids is 1. The molecule has 0 saturated carbocycles. The van der Waals surface area contributed by atoms with Gasteiger partial charge in [-0.15, -0.1) is 0 Å². The Morgan fingerprint density at radius 3 is 2.95 bits per heavy atom. The van der Waals surface area contributed by atoms with Crippen LogP contribution in [-0.4, -0.2) is 41.6 Å². The van der Waals surface area contributed by atoms with Crippen molar-refractivity contribution in [2.24, 2.45) is 5.92 Å². The van der Waals surface area contributed by atoms with Gasteiger partial charge in [-0.25, -0.2) is 0 Å². The van der Waals surface area contributed by atoms with Crippen LogP contribution in [0.2, 0.25) is 0 Å². The molecule has 1 N–H and O–H groups in total. The summed E-state index contributed by atoms with van der Waals surface area (Å²) in [4.78, 5) is 25.3. The Morgan fingerprint density at radius 2 is 2.14 bits per heavy atom. The fourth-order valence-corrected chi connectivity index (χ4v) is 3.34. The monoisotopic (exact) mass is 303 g/mol. The van der Waals surface area contributed by atoms with E-state index in [4.69, 9.17) is 9.84 Å². The van der Waals surface area contributed by atoms with Crippen molar-refractivity contribution < 1.29 is 19.4 Å². The largest absolute Gasteiger partial charge is 0.481 e. The molecule has 2 aliphatic heterocycles. The van der Waals surface area contributed by atoms with E-state index in [0.717, 1.165) is 18.4 Å². The van der Waals surface area contributed by atoms with Gasteiger partial charge in [0.1, 0.15) is 0 Å². The molecule has 3 rings (SSSR count). The molecule has 1 aromatic carbocycles. The molecule has 2 aliphatic rings. The van der Waals surface area contributed by atoms with E-state index in [1.165, 1.54) is 5.56 Å². The maximum absolute atomic E-state index is 12.5. The van der Waals surface area contributed by atoms with E-state index in [0.29, 0.717) is 32.5 Å². The zero-order chi connectivity index (χ0) is 15.5. The van der Waals surface area contributed by atoms with E-state index in [2.05, 4.69) is 6.07 Å². The lowest BCUT2D eigenvalue weighted by Crippen LogP contribution is -2.43. The number of hydrogen-bond donors (Lipinski definition) is 1. The second-order valence-corrected chi connectivity index (χ2v) is 6.03. The van der Waals surface area contributed by atoms with Crippen molar-refractivity contribution in [3.63, 3.8) is 0 Å². The second kappa shape index (κ2) is 6.48. The van der Waals surface area contributed by atoms with Gasteiger partial charge in [0.15, 0.2) is 0 Å². The second-order valence-electron chi connectivity index (χ2n) is 6.03. The number of carboxylic acid groups (broad SMARTS) is 1. The molecule has 2 atom stereocenters. The zero-order valence-electron chi connectivity index (χ0n) is 12.5. The molecule has 1 aromatic rings. The van der Waals surface area contributed by atoms with E-state index >= 15 is 0 Å². The van der Waals surface area contributed by atoms with E-state index < -0.39 is 11.9 Å². The number of benzene rings is 1. The number of rotatable bonds is 3. The summed E-state index contributed by atoms with van der Waals surface area (Å²) in [6.45, 7) is 1.60. The number of likely N-dealkylation sites (tertiary alicyclic amines) is 1. The summed E-state index contributed by atoms with van der Waals surface area (Å²) in [5.74, 6) is -1.25. The molecule has 0 spiro atoms. The maximum atomic E-state index is 12.5. The number of fused-ring (bicyclic) bond motifs is 1. The Hall–Kier alpha value is -1.88. The minimum Gasteiger partial charge on any atom is -0.481 e. The normalized spacial score (nSPS) is 24.6. The first-order valence-corrected chi connectivity index (χ1v) is 7.85. The van der Waals surface area contributed by atoms with Gasteiger partial charge in [-0.3, -0.25) is 9.59 Å². The van der Waals surface area contributed by atoms with Crippen LogP contribution in [0.4, 0.5) is 0 Å². The van der Waals surface area contributed by atoms with Crippen LogP contribution in [0.25, 0.3) is 0 Å². The number of nitrogens with zero attached hydrogens (tertiary/aromatic N) is 1. The highest BCUT2D eigenvalue weighted by Crippen LogP contribution is 2.30. The van der Waals surface area contributed by atoms with Gasteiger partial charge in [-0.1, -0.05) is 24.3 Å². The number of hydrogen-bond acceptors (Lipinski definition) is 3. The first kappa shape index (κ1) is 15.0. The standard InChI is InChI=1S/C17H21NO4/c19-16(18-8-3-5-13(11-18)17(20)21)10-15-14-6-2-1-4-12(14)7-9-22-15/h1-2,4,6,13,15H,3,5,7-11H2,(H,20,21)/t13-,15+/m1/s1. The molecule has 0 bridgehead atoms. The Kier molecular flexibility index (Phi) is 4.43. The van der Waals surface area contributed by atoms with Crippen LogP contribution in [0.3, 0.4) is 0 Å². The van der Waals surface area contributed by atoms with Crippen LogP contribution in [-0.2, 0) is 20.7 Å². The molecule has 5 nitrogen and oxygen atoms in total. The van der Waals surface area contributed by atoms with Crippen LogP contribution >= 0.6 is 0 Å². The number of carbonyl (C=O) groups excluding carboxylic acids is 1. The fourth-order valence-electron chi connectivity index (χ4n) is 3.34. The highest BCUT2D eigenvalue weighted by Gasteiger charge is 2.30.